The second-order valence-corrected chi connectivity index (χ2v) is 4.39. The summed E-state index contributed by atoms with van der Waals surface area (Å²) in [5.41, 5.74) is 0.544. The highest BCUT2D eigenvalue weighted by atomic mass is 35.5. The third-order valence-corrected chi connectivity index (χ3v) is 3.12. The van der Waals surface area contributed by atoms with E-state index in [1.807, 2.05) is 12.1 Å². The van der Waals surface area contributed by atoms with Gasteiger partial charge in [0.1, 0.15) is 0 Å². The van der Waals surface area contributed by atoms with Gasteiger partial charge in [-0.2, -0.15) is 0 Å². The lowest BCUT2D eigenvalue weighted by Gasteiger charge is -2.11. The third-order valence-electron chi connectivity index (χ3n) is 2.79. The Morgan fingerprint density at radius 3 is 3.00 bits per heavy atom. The van der Waals surface area contributed by atoms with Crippen LogP contribution in [0.1, 0.15) is 23.2 Å². The van der Waals surface area contributed by atoms with Gasteiger partial charge < -0.3 is 10.6 Å². The zero-order valence-corrected chi connectivity index (χ0v) is 9.76. The predicted molar refractivity (Wildman–Crippen MR) is 64.8 cm³/mol. The first kappa shape index (κ1) is 11.4. The molecule has 2 N–H and O–H groups in total. The third kappa shape index (κ3) is 2.74. The first-order chi connectivity index (χ1) is 7.77. The van der Waals surface area contributed by atoms with Crippen LogP contribution in [0, 0.1) is 0 Å². The van der Waals surface area contributed by atoms with Gasteiger partial charge in [-0.25, -0.2) is 0 Å². The van der Waals surface area contributed by atoms with Crippen LogP contribution >= 0.6 is 11.6 Å². The van der Waals surface area contributed by atoms with Crippen molar-refractivity contribution in [1.29, 1.82) is 0 Å². The summed E-state index contributed by atoms with van der Waals surface area (Å²) in [4.78, 5) is 11.8. The minimum absolute atomic E-state index is 0.0979. The summed E-state index contributed by atoms with van der Waals surface area (Å²) in [6.07, 6.45) is 2.31. The second kappa shape index (κ2) is 5.32. The Kier molecular flexibility index (Phi) is 3.80. The van der Waals surface area contributed by atoms with Crippen LogP contribution in [0.15, 0.2) is 24.3 Å². The van der Waals surface area contributed by atoms with Crippen molar-refractivity contribution < 1.29 is 4.79 Å². The van der Waals surface area contributed by atoms with Gasteiger partial charge in [-0.1, -0.05) is 23.7 Å². The fraction of sp³-hybridized carbons (Fsp3) is 0.417. The van der Waals surface area contributed by atoms with Crippen molar-refractivity contribution in [3.05, 3.63) is 34.9 Å². The minimum atomic E-state index is -0.0979. The second-order valence-electron chi connectivity index (χ2n) is 3.98. The van der Waals surface area contributed by atoms with E-state index < -0.39 is 0 Å². The van der Waals surface area contributed by atoms with Crippen LogP contribution in [0.5, 0.6) is 0 Å². The van der Waals surface area contributed by atoms with E-state index in [4.69, 9.17) is 11.6 Å². The molecule has 0 aromatic heterocycles. The van der Waals surface area contributed by atoms with E-state index in [-0.39, 0.29) is 5.91 Å². The molecular formula is C12H15ClN2O. The fourth-order valence-corrected chi connectivity index (χ4v) is 2.11. The average Bonchev–Trinajstić information content (AvgIpc) is 2.79. The number of amides is 1. The van der Waals surface area contributed by atoms with Crippen LogP contribution in [-0.2, 0) is 0 Å². The van der Waals surface area contributed by atoms with Crippen molar-refractivity contribution in [3.8, 4) is 0 Å². The normalized spacial score (nSPS) is 19.7. The summed E-state index contributed by atoms with van der Waals surface area (Å²) in [6.45, 7) is 1.72. The minimum Gasteiger partial charge on any atom is -0.350 e. The van der Waals surface area contributed by atoms with E-state index in [9.17, 15) is 4.79 Å². The van der Waals surface area contributed by atoms with Crippen LogP contribution < -0.4 is 10.6 Å². The molecule has 1 heterocycles. The van der Waals surface area contributed by atoms with Crippen molar-refractivity contribution >= 4 is 17.5 Å². The lowest BCUT2D eigenvalue weighted by atomic mass is 10.2. The number of rotatable bonds is 3. The smallest absolute Gasteiger partial charge is 0.252 e. The molecule has 1 aliphatic heterocycles. The summed E-state index contributed by atoms with van der Waals surface area (Å²) in [5, 5.41) is 6.73. The molecule has 0 aliphatic carbocycles. The van der Waals surface area contributed by atoms with Crippen LogP contribution in [-0.4, -0.2) is 25.0 Å². The zero-order valence-electron chi connectivity index (χ0n) is 9.00. The Labute approximate surface area is 100 Å². The Morgan fingerprint density at radius 1 is 1.50 bits per heavy atom. The van der Waals surface area contributed by atoms with Gasteiger partial charge in [0.05, 0.1) is 10.6 Å². The molecule has 1 unspecified atom stereocenters. The molecule has 1 atom stereocenters. The van der Waals surface area contributed by atoms with Gasteiger partial charge in [0.15, 0.2) is 0 Å². The van der Waals surface area contributed by atoms with E-state index in [1.165, 1.54) is 6.42 Å². The van der Waals surface area contributed by atoms with Crippen LogP contribution in [0.4, 0.5) is 0 Å². The molecule has 0 saturated carbocycles. The number of carbonyl (C=O) groups excluding carboxylic acids is 1. The Bertz CT molecular complexity index is 375. The maximum Gasteiger partial charge on any atom is 0.252 e. The number of carbonyl (C=O) groups is 1. The highest BCUT2D eigenvalue weighted by Gasteiger charge is 2.16. The van der Waals surface area contributed by atoms with Gasteiger partial charge in [0.25, 0.3) is 5.91 Å². The van der Waals surface area contributed by atoms with Gasteiger partial charge in [-0.3, -0.25) is 4.79 Å². The van der Waals surface area contributed by atoms with E-state index >= 15 is 0 Å². The van der Waals surface area contributed by atoms with Crippen LogP contribution in [0.3, 0.4) is 0 Å². The molecule has 16 heavy (non-hydrogen) atoms. The Balaban J connectivity index is 1.90. The maximum atomic E-state index is 11.8. The van der Waals surface area contributed by atoms with E-state index in [0.717, 1.165) is 13.0 Å². The molecule has 2 rings (SSSR count). The Morgan fingerprint density at radius 2 is 2.31 bits per heavy atom. The van der Waals surface area contributed by atoms with E-state index in [1.54, 1.807) is 12.1 Å². The van der Waals surface area contributed by atoms with Crippen molar-refractivity contribution in [1.82, 2.24) is 10.6 Å². The van der Waals surface area contributed by atoms with Gasteiger partial charge >= 0.3 is 0 Å². The first-order valence-electron chi connectivity index (χ1n) is 5.53. The SMILES string of the molecule is O=C(NCC1CCCN1)c1ccccc1Cl. The van der Waals surface area contributed by atoms with E-state index in [0.29, 0.717) is 23.2 Å². The summed E-state index contributed by atoms with van der Waals surface area (Å²) < 4.78 is 0. The molecule has 3 nitrogen and oxygen atoms in total. The highest BCUT2D eigenvalue weighted by molar-refractivity contribution is 6.33. The standard InChI is InChI=1S/C12H15ClN2O/c13-11-6-2-1-5-10(11)12(16)15-8-9-4-3-7-14-9/h1-2,5-6,9,14H,3-4,7-8H2,(H,15,16). The van der Waals surface area contributed by atoms with Gasteiger partial charge in [-0.05, 0) is 31.5 Å². The quantitative estimate of drug-likeness (QED) is 0.844. The molecular weight excluding hydrogens is 224 g/mol. The lowest BCUT2D eigenvalue weighted by Crippen LogP contribution is -2.37. The molecule has 1 fully saturated rings. The van der Waals surface area contributed by atoms with E-state index in [2.05, 4.69) is 10.6 Å². The number of hydrogen-bond acceptors (Lipinski definition) is 2. The highest BCUT2D eigenvalue weighted by Crippen LogP contribution is 2.14. The van der Waals surface area contributed by atoms with Crippen LogP contribution in [0.25, 0.3) is 0 Å². The lowest BCUT2D eigenvalue weighted by molar-refractivity contribution is 0.0950. The molecule has 4 heteroatoms. The van der Waals surface area contributed by atoms with Gasteiger partial charge in [0, 0.05) is 12.6 Å². The average molecular weight is 239 g/mol. The zero-order chi connectivity index (χ0) is 11.4. The van der Waals surface area contributed by atoms with Crippen molar-refractivity contribution in [2.45, 2.75) is 18.9 Å². The van der Waals surface area contributed by atoms with Crippen molar-refractivity contribution in [3.63, 3.8) is 0 Å². The van der Waals surface area contributed by atoms with Crippen molar-refractivity contribution in [2.75, 3.05) is 13.1 Å². The topological polar surface area (TPSA) is 41.1 Å². The molecule has 0 radical (unpaired) electrons. The molecule has 1 aliphatic rings. The van der Waals surface area contributed by atoms with Gasteiger partial charge in [0.2, 0.25) is 0 Å². The summed E-state index contributed by atoms with van der Waals surface area (Å²) >= 11 is 5.94. The number of hydrogen-bond donors (Lipinski definition) is 2. The molecule has 0 spiro atoms. The molecule has 0 bridgehead atoms. The molecule has 1 aromatic carbocycles. The predicted octanol–water partition coefficient (Wildman–Crippen LogP) is 1.82. The first-order valence-corrected chi connectivity index (χ1v) is 5.91. The van der Waals surface area contributed by atoms with Crippen molar-refractivity contribution in [2.24, 2.45) is 0 Å². The monoisotopic (exact) mass is 238 g/mol. The summed E-state index contributed by atoms with van der Waals surface area (Å²) in [7, 11) is 0. The molecule has 1 amide bonds. The summed E-state index contributed by atoms with van der Waals surface area (Å²) in [5.74, 6) is -0.0979. The molecule has 1 aromatic rings. The fourth-order valence-electron chi connectivity index (χ4n) is 1.89. The van der Waals surface area contributed by atoms with Gasteiger partial charge in [-0.15, -0.1) is 0 Å². The largest absolute Gasteiger partial charge is 0.350 e. The molecule has 86 valence electrons. The number of halogens is 1. The Hall–Kier alpha value is -1.06. The van der Waals surface area contributed by atoms with Crippen LogP contribution in [0.2, 0.25) is 5.02 Å². The summed E-state index contributed by atoms with van der Waals surface area (Å²) in [6, 6.07) is 7.50. The molecule has 1 saturated heterocycles. The number of benzene rings is 1. The maximum absolute atomic E-state index is 11.8. The number of nitrogens with one attached hydrogen (secondary N) is 2.